The molecule has 80 valence electrons. The molecular formula is C11H23ClO. The highest BCUT2D eigenvalue weighted by atomic mass is 35.5. The maximum Gasteiger partial charge on any atom is 0.0591 e. The average Bonchev–Trinajstić information content (AvgIpc) is 2.01. The Morgan fingerprint density at radius 2 is 1.38 bits per heavy atom. The van der Waals surface area contributed by atoms with Crippen molar-refractivity contribution >= 4 is 11.6 Å². The molecule has 2 heteroatoms. The van der Waals surface area contributed by atoms with Crippen molar-refractivity contribution in [3.8, 4) is 0 Å². The third-order valence-corrected chi connectivity index (χ3v) is 2.44. The smallest absolute Gasteiger partial charge is 0.0591 e. The maximum absolute atomic E-state index is 9.44. The first-order chi connectivity index (χ1) is 6.06. The summed E-state index contributed by atoms with van der Waals surface area (Å²) in [5.74, 6) is 0.795. The van der Waals surface area contributed by atoms with Crippen molar-refractivity contribution in [1.82, 2.24) is 0 Å². The predicted molar refractivity (Wildman–Crippen MR) is 59.3 cm³/mol. The minimum absolute atomic E-state index is 0.476. The number of unbranched alkanes of at least 4 members (excludes halogenated alkanes) is 5. The van der Waals surface area contributed by atoms with Gasteiger partial charge in [0.1, 0.15) is 0 Å². The number of hydrogen-bond acceptors (Lipinski definition) is 1. The van der Waals surface area contributed by atoms with E-state index in [9.17, 15) is 5.11 Å². The van der Waals surface area contributed by atoms with Crippen LogP contribution in [0.5, 0.6) is 0 Å². The first-order valence-corrected chi connectivity index (χ1v) is 5.88. The van der Waals surface area contributed by atoms with Crippen LogP contribution in [0, 0.1) is 0 Å². The van der Waals surface area contributed by atoms with Gasteiger partial charge in [-0.25, -0.2) is 0 Å². The van der Waals surface area contributed by atoms with Crippen LogP contribution in [-0.4, -0.2) is 16.6 Å². The Labute approximate surface area is 87.5 Å². The first-order valence-electron chi connectivity index (χ1n) is 5.34. The van der Waals surface area contributed by atoms with Gasteiger partial charge >= 0.3 is 0 Å². The van der Waals surface area contributed by atoms with E-state index in [1.807, 2.05) is 13.8 Å². The topological polar surface area (TPSA) is 20.2 Å². The maximum atomic E-state index is 9.44. The largest absolute Gasteiger partial charge is 0.390 e. The van der Waals surface area contributed by atoms with Crippen LogP contribution in [0.4, 0.5) is 0 Å². The molecule has 0 aliphatic carbocycles. The standard InChI is InChI=1S/C11H23ClO/c1-11(2,13)9-7-5-3-4-6-8-10-12/h13H,3-10H2,1-2H3. The van der Waals surface area contributed by atoms with Gasteiger partial charge in [0.05, 0.1) is 5.60 Å². The highest BCUT2D eigenvalue weighted by Crippen LogP contribution is 2.14. The van der Waals surface area contributed by atoms with Crippen molar-refractivity contribution in [1.29, 1.82) is 0 Å². The molecule has 0 rings (SSSR count). The lowest BCUT2D eigenvalue weighted by Crippen LogP contribution is -2.17. The van der Waals surface area contributed by atoms with Gasteiger partial charge in [0.2, 0.25) is 0 Å². The van der Waals surface area contributed by atoms with Crippen LogP contribution in [-0.2, 0) is 0 Å². The molecule has 0 aromatic rings. The quantitative estimate of drug-likeness (QED) is 0.474. The van der Waals surface area contributed by atoms with Crippen LogP contribution in [0.2, 0.25) is 0 Å². The zero-order valence-electron chi connectivity index (χ0n) is 8.98. The van der Waals surface area contributed by atoms with E-state index in [2.05, 4.69) is 0 Å². The number of hydrogen-bond donors (Lipinski definition) is 1. The Bertz CT molecular complexity index is 107. The summed E-state index contributed by atoms with van der Waals surface area (Å²) < 4.78 is 0. The molecule has 0 unspecified atom stereocenters. The van der Waals surface area contributed by atoms with Crippen LogP contribution in [0.3, 0.4) is 0 Å². The second-order valence-corrected chi connectivity index (χ2v) is 4.75. The minimum Gasteiger partial charge on any atom is -0.390 e. The second-order valence-electron chi connectivity index (χ2n) is 4.37. The van der Waals surface area contributed by atoms with E-state index in [0.717, 1.165) is 25.1 Å². The lowest BCUT2D eigenvalue weighted by molar-refractivity contribution is 0.0680. The molecule has 13 heavy (non-hydrogen) atoms. The van der Waals surface area contributed by atoms with E-state index in [-0.39, 0.29) is 0 Å². The summed E-state index contributed by atoms with van der Waals surface area (Å²) >= 11 is 5.57. The van der Waals surface area contributed by atoms with Crippen molar-refractivity contribution in [2.45, 2.75) is 64.4 Å². The molecule has 0 bridgehead atoms. The molecule has 1 nitrogen and oxygen atoms in total. The summed E-state index contributed by atoms with van der Waals surface area (Å²) in [5.41, 5.74) is -0.476. The minimum atomic E-state index is -0.476. The third kappa shape index (κ3) is 12.2. The Hall–Kier alpha value is 0.250. The van der Waals surface area contributed by atoms with Gasteiger partial charge in [0.15, 0.2) is 0 Å². The van der Waals surface area contributed by atoms with Crippen LogP contribution < -0.4 is 0 Å². The highest BCUT2D eigenvalue weighted by molar-refractivity contribution is 6.17. The fourth-order valence-corrected chi connectivity index (χ4v) is 1.55. The van der Waals surface area contributed by atoms with E-state index >= 15 is 0 Å². The van der Waals surface area contributed by atoms with Gasteiger partial charge in [-0.3, -0.25) is 0 Å². The van der Waals surface area contributed by atoms with Gasteiger partial charge in [-0.1, -0.05) is 32.1 Å². The molecule has 0 saturated carbocycles. The molecule has 0 aliphatic rings. The van der Waals surface area contributed by atoms with Crippen molar-refractivity contribution < 1.29 is 5.11 Å². The van der Waals surface area contributed by atoms with Gasteiger partial charge in [-0.05, 0) is 26.7 Å². The summed E-state index contributed by atoms with van der Waals surface area (Å²) in [6.45, 7) is 3.75. The van der Waals surface area contributed by atoms with Crippen LogP contribution >= 0.6 is 11.6 Å². The Kier molecular flexibility index (Phi) is 7.78. The fraction of sp³-hybridized carbons (Fsp3) is 1.00. The summed E-state index contributed by atoms with van der Waals surface area (Å²) in [4.78, 5) is 0. The normalized spacial score (nSPS) is 12.0. The summed E-state index contributed by atoms with van der Waals surface area (Å²) in [5, 5.41) is 9.44. The molecule has 0 saturated heterocycles. The molecule has 0 radical (unpaired) electrons. The Balaban J connectivity index is 3.00. The number of rotatable bonds is 8. The van der Waals surface area contributed by atoms with Gasteiger partial charge < -0.3 is 5.11 Å². The first kappa shape index (κ1) is 13.2. The van der Waals surface area contributed by atoms with Gasteiger partial charge in [-0.2, -0.15) is 0 Å². The molecule has 0 aromatic heterocycles. The van der Waals surface area contributed by atoms with E-state index in [1.54, 1.807) is 0 Å². The van der Waals surface area contributed by atoms with E-state index in [4.69, 9.17) is 11.6 Å². The molecule has 0 fully saturated rings. The molecular weight excluding hydrogens is 184 g/mol. The number of alkyl halides is 1. The van der Waals surface area contributed by atoms with Gasteiger partial charge in [-0.15, -0.1) is 11.6 Å². The van der Waals surface area contributed by atoms with Crippen LogP contribution in [0.25, 0.3) is 0 Å². The van der Waals surface area contributed by atoms with Crippen LogP contribution in [0.15, 0.2) is 0 Å². The van der Waals surface area contributed by atoms with Crippen molar-refractivity contribution in [2.24, 2.45) is 0 Å². The SMILES string of the molecule is CC(C)(O)CCCCCCCCCl. The average molecular weight is 207 g/mol. The monoisotopic (exact) mass is 206 g/mol. The van der Waals surface area contributed by atoms with E-state index in [1.165, 1.54) is 25.7 Å². The molecule has 1 N–H and O–H groups in total. The van der Waals surface area contributed by atoms with Gasteiger partial charge in [0, 0.05) is 5.88 Å². The van der Waals surface area contributed by atoms with E-state index < -0.39 is 5.60 Å². The molecule has 0 atom stereocenters. The second kappa shape index (κ2) is 7.64. The summed E-state index contributed by atoms with van der Waals surface area (Å²) in [6.07, 6.45) is 8.28. The lowest BCUT2D eigenvalue weighted by atomic mass is 10.00. The van der Waals surface area contributed by atoms with Crippen molar-refractivity contribution in [2.75, 3.05) is 5.88 Å². The predicted octanol–water partition coefficient (Wildman–Crippen LogP) is 3.73. The summed E-state index contributed by atoms with van der Waals surface area (Å²) in [7, 11) is 0. The zero-order valence-corrected chi connectivity index (χ0v) is 9.74. The molecule has 0 aliphatic heterocycles. The Morgan fingerprint density at radius 3 is 1.85 bits per heavy atom. The molecule has 0 amide bonds. The van der Waals surface area contributed by atoms with Crippen molar-refractivity contribution in [3.63, 3.8) is 0 Å². The number of aliphatic hydroxyl groups is 1. The van der Waals surface area contributed by atoms with E-state index in [0.29, 0.717) is 0 Å². The highest BCUT2D eigenvalue weighted by Gasteiger charge is 2.10. The molecule has 0 aromatic carbocycles. The third-order valence-electron chi connectivity index (χ3n) is 2.17. The Morgan fingerprint density at radius 1 is 0.923 bits per heavy atom. The zero-order chi connectivity index (χ0) is 10.2. The van der Waals surface area contributed by atoms with Gasteiger partial charge in [0.25, 0.3) is 0 Å². The van der Waals surface area contributed by atoms with Crippen LogP contribution in [0.1, 0.15) is 58.8 Å². The fourth-order valence-electron chi connectivity index (χ4n) is 1.36. The summed E-state index contributed by atoms with van der Waals surface area (Å²) in [6, 6.07) is 0. The molecule has 0 spiro atoms. The van der Waals surface area contributed by atoms with Crippen molar-refractivity contribution in [3.05, 3.63) is 0 Å². The molecule has 0 heterocycles. The number of halogens is 1. The lowest BCUT2D eigenvalue weighted by Gasteiger charge is -2.16.